The highest BCUT2D eigenvalue weighted by atomic mass is 32.1. The van der Waals surface area contributed by atoms with Crippen LogP contribution in [0.2, 0.25) is 0 Å². The molecule has 0 saturated carbocycles. The van der Waals surface area contributed by atoms with Crippen molar-refractivity contribution in [2.45, 2.75) is 46.1 Å². The Bertz CT molecular complexity index is 1560. The lowest BCUT2D eigenvalue weighted by Gasteiger charge is -2.24. The van der Waals surface area contributed by atoms with E-state index in [9.17, 15) is 14.4 Å². The lowest BCUT2D eigenvalue weighted by molar-refractivity contribution is 0.0531. The molecule has 2 aromatic carbocycles. The molecule has 0 unspecified atom stereocenters. The third-order valence-electron chi connectivity index (χ3n) is 6.32. The first-order chi connectivity index (χ1) is 17.1. The van der Waals surface area contributed by atoms with Crippen molar-refractivity contribution in [2.75, 3.05) is 11.5 Å². The van der Waals surface area contributed by atoms with Gasteiger partial charge in [-0.3, -0.25) is 14.5 Å². The number of anilines is 1. The summed E-state index contributed by atoms with van der Waals surface area (Å²) in [4.78, 5) is 46.2. The number of esters is 1. The van der Waals surface area contributed by atoms with Gasteiger partial charge in [-0.05, 0) is 42.5 Å². The summed E-state index contributed by atoms with van der Waals surface area (Å²) >= 11 is 1.07. The van der Waals surface area contributed by atoms with Crippen molar-refractivity contribution >= 4 is 39.3 Å². The van der Waals surface area contributed by atoms with Gasteiger partial charge in [0.15, 0.2) is 10.6 Å². The monoisotopic (exact) mass is 502 g/mol. The Labute approximate surface area is 212 Å². The van der Waals surface area contributed by atoms with E-state index in [1.807, 2.05) is 24.3 Å². The molecule has 0 fully saturated rings. The van der Waals surface area contributed by atoms with Crippen molar-refractivity contribution in [3.05, 3.63) is 91.8 Å². The Morgan fingerprint density at radius 3 is 2.47 bits per heavy atom. The number of rotatable bonds is 4. The Hall–Kier alpha value is -3.78. The number of ether oxygens (including phenoxy) is 1. The van der Waals surface area contributed by atoms with Crippen molar-refractivity contribution in [2.24, 2.45) is 0 Å². The van der Waals surface area contributed by atoms with Crippen LogP contribution in [0.4, 0.5) is 5.13 Å². The zero-order chi connectivity index (χ0) is 25.8. The van der Waals surface area contributed by atoms with Gasteiger partial charge >= 0.3 is 5.97 Å². The van der Waals surface area contributed by atoms with Crippen molar-refractivity contribution in [1.82, 2.24) is 4.98 Å². The van der Waals surface area contributed by atoms with Gasteiger partial charge in [0.25, 0.3) is 5.91 Å². The molecule has 2 aromatic heterocycles. The van der Waals surface area contributed by atoms with Crippen LogP contribution in [-0.4, -0.2) is 23.5 Å². The predicted octanol–water partition coefficient (Wildman–Crippen LogP) is 5.78. The van der Waals surface area contributed by atoms with Crippen LogP contribution in [0.1, 0.15) is 76.3 Å². The molecule has 184 valence electrons. The lowest BCUT2D eigenvalue weighted by atomic mass is 9.86. The molecule has 0 bridgehead atoms. The maximum atomic E-state index is 13.8. The van der Waals surface area contributed by atoms with Gasteiger partial charge in [0, 0.05) is 0 Å². The number of carbonyl (C=O) groups excluding carboxylic acids is 2. The zero-order valence-corrected chi connectivity index (χ0v) is 21.6. The van der Waals surface area contributed by atoms with Crippen LogP contribution in [0.5, 0.6) is 0 Å². The van der Waals surface area contributed by atoms with Gasteiger partial charge in [0.05, 0.1) is 29.3 Å². The average molecular weight is 503 g/mol. The standard InChI is InChI=1S/C28H26N2O5S/c1-6-34-26(33)24-15(2)29-27(36-24)30-21(16-11-13-17(14-12-16)28(3,4)5)20-22(31)18-9-7-8-10-19(18)35-23(20)25(30)32/h7-14,21H,6H2,1-5H3/t21-/m1/s1. The minimum atomic E-state index is -0.747. The molecule has 0 spiro atoms. The van der Waals surface area contributed by atoms with Gasteiger partial charge in [-0.2, -0.15) is 0 Å². The van der Waals surface area contributed by atoms with Crippen LogP contribution in [0, 0.1) is 6.92 Å². The van der Waals surface area contributed by atoms with Gasteiger partial charge in [-0.15, -0.1) is 0 Å². The number of amides is 1. The molecule has 1 amide bonds. The highest BCUT2D eigenvalue weighted by Crippen LogP contribution is 2.43. The van der Waals surface area contributed by atoms with Crippen LogP contribution < -0.4 is 10.3 Å². The van der Waals surface area contributed by atoms with Gasteiger partial charge in [0.1, 0.15) is 10.5 Å². The minimum Gasteiger partial charge on any atom is -0.462 e. The first-order valence-electron chi connectivity index (χ1n) is 11.8. The topological polar surface area (TPSA) is 89.7 Å². The number of hydrogen-bond acceptors (Lipinski definition) is 7. The molecule has 4 aromatic rings. The van der Waals surface area contributed by atoms with E-state index in [1.54, 1.807) is 38.1 Å². The molecule has 7 nitrogen and oxygen atoms in total. The fraction of sp³-hybridized carbons (Fsp3) is 0.286. The molecule has 5 rings (SSSR count). The van der Waals surface area contributed by atoms with Crippen molar-refractivity contribution in [1.29, 1.82) is 0 Å². The Kier molecular flexibility index (Phi) is 5.79. The second-order valence-corrected chi connectivity index (χ2v) is 10.7. The summed E-state index contributed by atoms with van der Waals surface area (Å²) in [6, 6.07) is 14.0. The summed E-state index contributed by atoms with van der Waals surface area (Å²) in [6.45, 7) is 10.0. The number of carbonyl (C=O) groups is 2. The molecule has 3 heterocycles. The minimum absolute atomic E-state index is 0.00543. The fourth-order valence-corrected chi connectivity index (χ4v) is 5.46. The number of fused-ring (bicyclic) bond motifs is 2. The molecular formula is C28H26N2O5S. The molecule has 0 radical (unpaired) electrons. The van der Waals surface area contributed by atoms with Crippen LogP contribution in [-0.2, 0) is 10.2 Å². The van der Waals surface area contributed by atoms with E-state index in [1.165, 1.54) is 4.90 Å². The molecular weight excluding hydrogens is 476 g/mol. The highest BCUT2D eigenvalue weighted by Gasteiger charge is 2.45. The maximum absolute atomic E-state index is 13.8. The number of aromatic nitrogens is 1. The quantitative estimate of drug-likeness (QED) is 0.329. The van der Waals surface area contributed by atoms with Crippen molar-refractivity contribution < 1.29 is 18.7 Å². The SMILES string of the molecule is CCOC(=O)c1sc(N2C(=O)c3oc4ccccc4c(=O)c3[C@H]2c2ccc(C(C)(C)C)cc2)nc1C. The van der Waals surface area contributed by atoms with E-state index in [0.29, 0.717) is 26.7 Å². The Balaban J connectivity index is 1.72. The summed E-state index contributed by atoms with van der Waals surface area (Å²) in [5.74, 6) is -0.968. The second-order valence-electron chi connectivity index (χ2n) is 9.75. The molecule has 1 aliphatic rings. The Morgan fingerprint density at radius 2 is 1.81 bits per heavy atom. The van der Waals surface area contributed by atoms with Gasteiger partial charge < -0.3 is 9.15 Å². The van der Waals surface area contributed by atoms with E-state index in [0.717, 1.165) is 22.5 Å². The largest absolute Gasteiger partial charge is 0.462 e. The molecule has 0 N–H and O–H groups in total. The molecule has 36 heavy (non-hydrogen) atoms. The maximum Gasteiger partial charge on any atom is 0.350 e. The molecule has 8 heteroatoms. The summed E-state index contributed by atoms with van der Waals surface area (Å²) in [5, 5.41) is 0.713. The summed E-state index contributed by atoms with van der Waals surface area (Å²) in [7, 11) is 0. The number of thiazole rings is 1. The number of aryl methyl sites for hydroxylation is 1. The summed E-state index contributed by atoms with van der Waals surface area (Å²) in [6.07, 6.45) is 0. The van der Waals surface area contributed by atoms with E-state index in [2.05, 4.69) is 25.8 Å². The molecule has 1 atom stereocenters. The number of hydrogen-bond donors (Lipinski definition) is 0. The molecule has 0 aliphatic carbocycles. The van der Waals surface area contributed by atoms with Crippen LogP contribution in [0.25, 0.3) is 11.0 Å². The number of para-hydroxylation sites is 1. The fourth-order valence-electron chi connectivity index (χ4n) is 4.47. The number of benzene rings is 2. The third-order valence-corrected chi connectivity index (χ3v) is 7.46. The van der Waals surface area contributed by atoms with Crippen molar-refractivity contribution in [3.63, 3.8) is 0 Å². The van der Waals surface area contributed by atoms with E-state index < -0.39 is 17.9 Å². The zero-order valence-electron chi connectivity index (χ0n) is 20.7. The third kappa shape index (κ3) is 3.82. The van der Waals surface area contributed by atoms with E-state index in [-0.39, 0.29) is 28.8 Å². The average Bonchev–Trinajstić information content (AvgIpc) is 3.36. The summed E-state index contributed by atoms with van der Waals surface area (Å²) < 4.78 is 11.2. The molecule has 0 saturated heterocycles. The van der Waals surface area contributed by atoms with Gasteiger partial charge in [-0.1, -0.05) is 68.5 Å². The van der Waals surface area contributed by atoms with E-state index in [4.69, 9.17) is 9.15 Å². The van der Waals surface area contributed by atoms with Crippen LogP contribution in [0.15, 0.2) is 57.7 Å². The normalized spacial score (nSPS) is 15.4. The predicted molar refractivity (Wildman–Crippen MR) is 139 cm³/mol. The Morgan fingerprint density at radius 1 is 1.11 bits per heavy atom. The van der Waals surface area contributed by atoms with Gasteiger partial charge in [0.2, 0.25) is 5.76 Å². The smallest absolute Gasteiger partial charge is 0.350 e. The van der Waals surface area contributed by atoms with Crippen LogP contribution in [0.3, 0.4) is 0 Å². The second kappa shape index (κ2) is 8.71. The number of nitrogens with zero attached hydrogens (tertiary/aromatic N) is 2. The lowest BCUT2D eigenvalue weighted by Crippen LogP contribution is -2.29. The van der Waals surface area contributed by atoms with Crippen molar-refractivity contribution in [3.8, 4) is 0 Å². The summed E-state index contributed by atoms with van der Waals surface area (Å²) in [5.41, 5.74) is 2.65. The first kappa shape index (κ1) is 23.9. The van der Waals surface area contributed by atoms with E-state index >= 15 is 0 Å². The van der Waals surface area contributed by atoms with Gasteiger partial charge in [-0.25, -0.2) is 9.78 Å². The molecule has 1 aliphatic heterocycles. The van der Waals surface area contributed by atoms with Crippen LogP contribution >= 0.6 is 11.3 Å². The first-order valence-corrected chi connectivity index (χ1v) is 12.6. The highest BCUT2D eigenvalue weighted by molar-refractivity contribution is 7.17.